The number of methoxy groups -OCH3 is 1. The number of hydrogen-bond acceptors (Lipinski definition) is 4. The molecule has 5 nitrogen and oxygen atoms in total. The van der Waals surface area contributed by atoms with E-state index in [0.717, 1.165) is 16.8 Å². The van der Waals surface area contributed by atoms with Crippen LogP contribution in [0.25, 0.3) is 0 Å². The molecule has 3 aromatic rings. The monoisotopic (exact) mass is 403 g/mol. The van der Waals surface area contributed by atoms with Gasteiger partial charge in [-0.2, -0.15) is 0 Å². The van der Waals surface area contributed by atoms with Gasteiger partial charge in [0.15, 0.2) is 17.3 Å². The number of ketones is 1. The van der Waals surface area contributed by atoms with Crippen LogP contribution in [0.3, 0.4) is 0 Å². The summed E-state index contributed by atoms with van der Waals surface area (Å²) in [6, 6.07) is 20.1. The van der Waals surface area contributed by atoms with Crippen LogP contribution in [0.15, 0.2) is 66.7 Å². The molecular weight excluding hydrogens is 378 g/mol. The molecule has 0 unspecified atom stereocenters. The predicted octanol–water partition coefficient (Wildman–Crippen LogP) is 5.27. The van der Waals surface area contributed by atoms with Crippen molar-refractivity contribution in [3.8, 4) is 11.5 Å². The second-order valence-electron chi connectivity index (χ2n) is 7.14. The maximum absolute atomic E-state index is 13.2. The number of Topliss-reactive ketones (excluding diaryl/α,β-unsaturated/α-hetero) is 1. The molecule has 0 bridgehead atoms. The summed E-state index contributed by atoms with van der Waals surface area (Å²) in [4.78, 5) is 24.9. The van der Waals surface area contributed by atoms with Crippen molar-refractivity contribution in [1.29, 1.82) is 0 Å². The number of carbonyl (C=O) groups excluding carboxylic acids is 2. The van der Waals surface area contributed by atoms with Crippen molar-refractivity contribution in [2.45, 2.75) is 26.9 Å². The van der Waals surface area contributed by atoms with Gasteiger partial charge in [-0.1, -0.05) is 42.5 Å². The van der Waals surface area contributed by atoms with Crippen LogP contribution in [-0.4, -0.2) is 18.8 Å². The predicted molar refractivity (Wildman–Crippen MR) is 117 cm³/mol. The van der Waals surface area contributed by atoms with Crippen LogP contribution in [0.5, 0.6) is 11.5 Å². The van der Waals surface area contributed by atoms with E-state index in [1.54, 1.807) is 18.2 Å². The van der Waals surface area contributed by atoms with Crippen molar-refractivity contribution in [2.75, 3.05) is 12.4 Å². The number of carbonyl (C=O) groups is 2. The van der Waals surface area contributed by atoms with E-state index in [2.05, 4.69) is 5.32 Å². The molecule has 0 fully saturated rings. The Bertz CT molecular complexity index is 1060. The standard InChI is InChI=1S/C25H25NO4/c1-16-10-11-17(2)21(14-16)26-25(28)24(19-8-6-5-7-9-19)30-22-13-12-20(18(3)27)15-23(22)29-4/h5-15,24H,1-4H3,(H,26,28)/t24-/m1/s1. The van der Waals surface area contributed by atoms with Crippen LogP contribution in [-0.2, 0) is 4.79 Å². The Hall–Kier alpha value is -3.60. The number of nitrogens with one attached hydrogen (secondary N) is 1. The molecule has 3 aromatic carbocycles. The van der Waals surface area contributed by atoms with Crippen molar-refractivity contribution in [3.05, 3.63) is 89.0 Å². The van der Waals surface area contributed by atoms with E-state index < -0.39 is 6.10 Å². The fourth-order valence-corrected chi connectivity index (χ4v) is 3.08. The first kappa shape index (κ1) is 21.1. The summed E-state index contributed by atoms with van der Waals surface area (Å²) < 4.78 is 11.5. The first-order chi connectivity index (χ1) is 14.4. The lowest BCUT2D eigenvalue weighted by atomic mass is 10.1. The Labute approximate surface area is 176 Å². The largest absolute Gasteiger partial charge is 0.493 e. The molecule has 30 heavy (non-hydrogen) atoms. The molecule has 1 N–H and O–H groups in total. The zero-order valence-corrected chi connectivity index (χ0v) is 17.6. The first-order valence-corrected chi connectivity index (χ1v) is 9.67. The number of anilines is 1. The van der Waals surface area contributed by atoms with Crippen LogP contribution >= 0.6 is 0 Å². The highest BCUT2D eigenvalue weighted by Crippen LogP contribution is 2.33. The Balaban J connectivity index is 1.95. The Morgan fingerprint density at radius 1 is 0.900 bits per heavy atom. The van der Waals surface area contributed by atoms with Crippen LogP contribution < -0.4 is 14.8 Å². The zero-order valence-electron chi connectivity index (χ0n) is 17.6. The summed E-state index contributed by atoms with van der Waals surface area (Å²) in [5.41, 5.74) is 3.97. The molecule has 154 valence electrons. The SMILES string of the molecule is COc1cc(C(C)=O)ccc1O[C@@H](C(=O)Nc1cc(C)ccc1C)c1ccccc1. The Morgan fingerprint density at radius 2 is 1.63 bits per heavy atom. The molecule has 0 radical (unpaired) electrons. The average molecular weight is 403 g/mol. The van der Waals surface area contributed by atoms with Gasteiger partial charge in [0.05, 0.1) is 7.11 Å². The van der Waals surface area contributed by atoms with E-state index >= 15 is 0 Å². The fourth-order valence-electron chi connectivity index (χ4n) is 3.08. The highest BCUT2D eigenvalue weighted by Gasteiger charge is 2.25. The minimum absolute atomic E-state index is 0.0767. The van der Waals surface area contributed by atoms with Crippen LogP contribution in [0.4, 0.5) is 5.69 Å². The highest BCUT2D eigenvalue weighted by atomic mass is 16.5. The van der Waals surface area contributed by atoms with Gasteiger partial charge in [-0.05, 0) is 56.2 Å². The third-order valence-corrected chi connectivity index (χ3v) is 4.81. The minimum atomic E-state index is -0.900. The molecule has 0 aliphatic rings. The summed E-state index contributed by atoms with van der Waals surface area (Å²) in [5.74, 6) is 0.398. The smallest absolute Gasteiger partial charge is 0.270 e. The van der Waals surface area contributed by atoms with Gasteiger partial charge in [0, 0.05) is 16.8 Å². The van der Waals surface area contributed by atoms with E-state index in [1.807, 2.05) is 62.4 Å². The Kier molecular flexibility index (Phi) is 6.52. The molecular formula is C25H25NO4. The normalized spacial score (nSPS) is 11.5. The quantitative estimate of drug-likeness (QED) is 0.546. The lowest BCUT2D eigenvalue weighted by Crippen LogP contribution is -2.26. The van der Waals surface area contributed by atoms with Crippen LogP contribution in [0, 0.1) is 13.8 Å². The van der Waals surface area contributed by atoms with Gasteiger partial charge in [-0.3, -0.25) is 9.59 Å². The highest BCUT2D eigenvalue weighted by molar-refractivity contribution is 5.96. The molecule has 0 aromatic heterocycles. The maximum Gasteiger partial charge on any atom is 0.270 e. The number of rotatable bonds is 7. The van der Waals surface area contributed by atoms with Crippen molar-refractivity contribution in [3.63, 3.8) is 0 Å². The summed E-state index contributed by atoms with van der Waals surface area (Å²) in [6.07, 6.45) is -0.900. The molecule has 1 atom stereocenters. The lowest BCUT2D eigenvalue weighted by molar-refractivity contribution is -0.123. The molecule has 0 saturated carbocycles. The van der Waals surface area contributed by atoms with Crippen molar-refractivity contribution in [1.82, 2.24) is 0 Å². The molecule has 0 aliphatic carbocycles. The molecule has 5 heteroatoms. The maximum atomic E-state index is 13.2. The van der Waals surface area contributed by atoms with Gasteiger partial charge in [-0.15, -0.1) is 0 Å². The summed E-state index contributed by atoms with van der Waals surface area (Å²) in [5, 5.41) is 2.98. The number of amides is 1. The van der Waals surface area contributed by atoms with E-state index in [-0.39, 0.29) is 11.7 Å². The van der Waals surface area contributed by atoms with E-state index in [0.29, 0.717) is 22.6 Å². The van der Waals surface area contributed by atoms with Gasteiger partial charge in [0.1, 0.15) is 0 Å². The van der Waals surface area contributed by atoms with E-state index in [1.165, 1.54) is 14.0 Å². The molecule has 3 rings (SSSR count). The number of ether oxygens (including phenoxy) is 2. The van der Waals surface area contributed by atoms with Crippen LogP contribution in [0.2, 0.25) is 0 Å². The molecule has 0 saturated heterocycles. The molecule has 0 spiro atoms. The van der Waals surface area contributed by atoms with Crippen molar-refractivity contribution < 1.29 is 19.1 Å². The van der Waals surface area contributed by atoms with E-state index in [9.17, 15) is 9.59 Å². The molecule has 1 amide bonds. The van der Waals surface area contributed by atoms with Crippen molar-refractivity contribution >= 4 is 17.4 Å². The summed E-state index contributed by atoms with van der Waals surface area (Å²) in [6.45, 7) is 5.40. The summed E-state index contributed by atoms with van der Waals surface area (Å²) in [7, 11) is 1.50. The zero-order chi connectivity index (χ0) is 21.7. The van der Waals surface area contributed by atoms with Crippen LogP contribution in [0.1, 0.15) is 40.1 Å². The second kappa shape index (κ2) is 9.27. The Morgan fingerprint density at radius 3 is 2.30 bits per heavy atom. The third kappa shape index (κ3) is 4.87. The topological polar surface area (TPSA) is 64.6 Å². The second-order valence-corrected chi connectivity index (χ2v) is 7.14. The minimum Gasteiger partial charge on any atom is -0.493 e. The third-order valence-electron chi connectivity index (χ3n) is 4.81. The summed E-state index contributed by atoms with van der Waals surface area (Å²) >= 11 is 0. The van der Waals surface area contributed by atoms with Gasteiger partial charge in [0.2, 0.25) is 6.10 Å². The number of hydrogen-bond donors (Lipinski definition) is 1. The number of aryl methyl sites for hydroxylation is 2. The van der Waals surface area contributed by atoms with Gasteiger partial charge < -0.3 is 14.8 Å². The van der Waals surface area contributed by atoms with Gasteiger partial charge in [0.25, 0.3) is 5.91 Å². The lowest BCUT2D eigenvalue weighted by Gasteiger charge is -2.21. The average Bonchev–Trinajstić information content (AvgIpc) is 2.75. The van der Waals surface area contributed by atoms with E-state index in [4.69, 9.17) is 9.47 Å². The number of benzene rings is 3. The molecule has 0 heterocycles. The van der Waals surface area contributed by atoms with Gasteiger partial charge >= 0.3 is 0 Å². The molecule has 0 aliphatic heterocycles. The first-order valence-electron chi connectivity index (χ1n) is 9.67. The fraction of sp³-hybridized carbons (Fsp3) is 0.200. The van der Waals surface area contributed by atoms with Crippen molar-refractivity contribution in [2.24, 2.45) is 0 Å². The van der Waals surface area contributed by atoms with Gasteiger partial charge in [-0.25, -0.2) is 0 Å².